The van der Waals surface area contributed by atoms with Gasteiger partial charge in [-0.2, -0.15) is 0 Å². The lowest BCUT2D eigenvalue weighted by Gasteiger charge is -2.17. The molecule has 0 saturated heterocycles. The molecular formula is C17H28N2O2. The molecule has 0 saturated carbocycles. The molecule has 0 radical (unpaired) electrons. The molecule has 0 bridgehead atoms. The van der Waals surface area contributed by atoms with Crippen LogP contribution in [0.4, 0.5) is 0 Å². The molecule has 21 heavy (non-hydrogen) atoms. The van der Waals surface area contributed by atoms with Gasteiger partial charge >= 0.3 is 0 Å². The van der Waals surface area contributed by atoms with Crippen molar-refractivity contribution in [3.8, 4) is 5.75 Å². The van der Waals surface area contributed by atoms with E-state index in [4.69, 9.17) is 5.73 Å². The van der Waals surface area contributed by atoms with Gasteiger partial charge in [0.1, 0.15) is 5.75 Å². The number of rotatable bonds is 9. The highest BCUT2D eigenvalue weighted by Crippen LogP contribution is 2.12. The number of benzene rings is 1. The Labute approximate surface area is 127 Å². The summed E-state index contributed by atoms with van der Waals surface area (Å²) in [5.74, 6) is 0.659. The smallest absolute Gasteiger partial charge is 0.237 e. The summed E-state index contributed by atoms with van der Waals surface area (Å²) >= 11 is 0. The van der Waals surface area contributed by atoms with Crippen molar-refractivity contribution in [3.05, 3.63) is 29.8 Å². The number of aromatic hydroxyl groups is 1. The fourth-order valence-electron chi connectivity index (χ4n) is 2.30. The molecule has 0 aliphatic heterocycles. The van der Waals surface area contributed by atoms with E-state index in [-0.39, 0.29) is 11.7 Å². The maximum atomic E-state index is 12.0. The number of hydrogen-bond donors (Lipinski definition) is 3. The molecule has 0 aliphatic carbocycles. The van der Waals surface area contributed by atoms with Crippen LogP contribution >= 0.6 is 0 Å². The Morgan fingerprint density at radius 3 is 2.52 bits per heavy atom. The average Bonchev–Trinajstić information content (AvgIpc) is 2.49. The average molecular weight is 292 g/mol. The summed E-state index contributed by atoms with van der Waals surface area (Å²) in [5.41, 5.74) is 6.89. The summed E-state index contributed by atoms with van der Waals surface area (Å²) in [6.45, 7) is 5.04. The van der Waals surface area contributed by atoms with E-state index in [0.717, 1.165) is 18.4 Å². The number of phenolic OH excluding ortho intramolecular Hbond substituents is 1. The van der Waals surface area contributed by atoms with Crippen LogP contribution in [-0.4, -0.2) is 23.6 Å². The predicted octanol–water partition coefficient (Wildman–Crippen LogP) is 2.59. The number of amides is 1. The van der Waals surface area contributed by atoms with Crippen LogP contribution in [0, 0.1) is 5.92 Å². The van der Waals surface area contributed by atoms with Gasteiger partial charge in [0.2, 0.25) is 5.91 Å². The van der Waals surface area contributed by atoms with Crippen LogP contribution in [-0.2, 0) is 11.2 Å². The lowest BCUT2D eigenvalue weighted by atomic mass is 9.99. The summed E-state index contributed by atoms with van der Waals surface area (Å²) in [5, 5.41) is 12.2. The number of unbranched alkanes of at least 4 members (excludes halogenated alkanes) is 1. The van der Waals surface area contributed by atoms with Gasteiger partial charge in [-0.15, -0.1) is 0 Å². The zero-order valence-electron chi connectivity index (χ0n) is 13.1. The van der Waals surface area contributed by atoms with E-state index in [0.29, 0.717) is 18.9 Å². The first-order valence-electron chi connectivity index (χ1n) is 7.88. The molecular weight excluding hydrogens is 264 g/mol. The van der Waals surface area contributed by atoms with Gasteiger partial charge in [0, 0.05) is 6.54 Å². The summed E-state index contributed by atoms with van der Waals surface area (Å²) in [4.78, 5) is 12.0. The van der Waals surface area contributed by atoms with E-state index in [1.807, 2.05) is 0 Å². The van der Waals surface area contributed by atoms with Crippen molar-refractivity contribution >= 4 is 5.91 Å². The number of carbonyl (C=O) groups excluding carboxylic acids is 1. The number of nitrogens with one attached hydrogen (secondary N) is 1. The summed E-state index contributed by atoms with van der Waals surface area (Å²) in [6, 6.07) is 6.26. The van der Waals surface area contributed by atoms with Crippen molar-refractivity contribution < 1.29 is 9.90 Å². The van der Waals surface area contributed by atoms with Gasteiger partial charge in [0.05, 0.1) is 6.04 Å². The summed E-state index contributed by atoms with van der Waals surface area (Å²) in [7, 11) is 0. The first-order chi connectivity index (χ1) is 10.1. The molecule has 118 valence electrons. The predicted molar refractivity (Wildman–Crippen MR) is 86.1 cm³/mol. The van der Waals surface area contributed by atoms with E-state index < -0.39 is 6.04 Å². The Morgan fingerprint density at radius 2 is 1.95 bits per heavy atom. The van der Waals surface area contributed by atoms with Crippen LogP contribution < -0.4 is 11.1 Å². The molecule has 0 fully saturated rings. The minimum absolute atomic E-state index is 0.0991. The topological polar surface area (TPSA) is 75.4 Å². The van der Waals surface area contributed by atoms with E-state index in [2.05, 4.69) is 19.2 Å². The monoisotopic (exact) mass is 292 g/mol. The molecule has 4 N–H and O–H groups in total. The van der Waals surface area contributed by atoms with Crippen molar-refractivity contribution in [2.75, 3.05) is 6.54 Å². The van der Waals surface area contributed by atoms with Crippen LogP contribution in [0.1, 0.15) is 45.1 Å². The van der Waals surface area contributed by atoms with Crippen LogP contribution in [0.3, 0.4) is 0 Å². The fourth-order valence-corrected chi connectivity index (χ4v) is 2.30. The molecule has 1 aromatic rings. The van der Waals surface area contributed by atoms with Gasteiger partial charge in [0.25, 0.3) is 0 Å². The van der Waals surface area contributed by atoms with Crippen molar-refractivity contribution in [1.82, 2.24) is 5.32 Å². The molecule has 2 atom stereocenters. The van der Waals surface area contributed by atoms with Gasteiger partial charge < -0.3 is 16.2 Å². The van der Waals surface area contributed by atoms with Gasteiger partial charge in [-0.25, -0.2) is 0 Å². The highest BCUT2D eigenvalue weighted by atomic mass is 16.3. The second-order valence-corrected chi connectivity index (χ2v) is 5.64. The molecule has 1 rings (SSSR count). The van der Waals surface area contributed by atoms with Crippen molar-refractivity contribution in [2.45, 2.75) is 52.0 Å². The van der Waals surface area contributed by atoms with Crippen molar-refractivity contribution in [3.63, 3.8) is 0 Å². The number of carbonyl (C=O) groups is 1. The fraction of sp³-hybridized carbons (Fsp3) is 0.588. The van der Waals surface area contributed by atoms with Crippen LogP contribution in [0.25, 0.3) is 0 Å². The molecule has 4 heteroatoms. The second kappa shape index (κ2) is 9.40. The lowest BCUT2D eigenvalue weighted by molar-refractivity contribution is -0.122. The largest absolute Gasteiger partial charge is 0.508 e. The second-order valence-electron chi connectivity index (χ2n) is 5.64. The molecule has 1 aromatic carbocycles. The number of hydrogen-bond acceptors (Lipinski definition) is 3. The zero-order valence-corrected chi connectivity index (χ0v) is 13.1. The van der Waals surface area contributed by atoms with Gasteiger partial charge in [-0.3, -0.25) is 4.79 Å². The van der Waals surface area contributed by atoms with E-state index in [1.165, 1.54) is 12.8 Å². The lowest BCUT2D eigenvalue weighted by Crippen LogP contribution is -2.43. The maximum absolute atomic E-state index is 12.0. The Balaban J connectivity index is 2.38. The molecule has 0 aromatic heterocycles. The summed E-state index contributed by atoms with van der Waals surface area (Å²) < 4.78 is 0. The highest BCUT2D eigenvalue weighted by Gasteiger charge is 2.15. The van der Waals surface area contributed by atoms with Crippen molar-refractivity contribution in [1.29, 1.82) is 0 Å². The Bertz CT molecular complexity index is 417. The Morgan fingerprint density at radius 1 is 1.29 bits per heavy atom. The molecule has 0 heterocycles. The quantitative estimate of drug-likeness (QED) is 0.655. The van der Waals surface area contributed by atoms with Crippen LogP contribution in [0.15, 0.2) is 24.3 Å². The zero-order chi connectivity index (χ0) is 15.7. The molecule has 4 nitrogen and oxygen atoms in total. The molecule has 0 aliphatic rings. The molecule has 1 unspecified atom stereocenters. The van der Waals surface area contributed by atoms with Crippen LogP contribution in [0.2, 0.25) is 0 Å². The minimum atomic E-state index is -0.543. The number of phenols is 1. The van der Waals surface area contributed by atoms with Gasteiger partial charge in [0.15, 0.2) is 0 Å². The highest BCUT2D eigenvalue weighted by molar-refractivity contribution is 5.81. The Kier molecular flexibility index (Phi) is 7.83. The first kappa shape index (κ1) is 17.5. The molecule has 1 amide bonds. The summed E-state index contributed by atoms with van der Waals surface area (Å²) in [6.07, 6.45) is 5.10. The number of nitrogens with two attached hydrogens (primary N) is 1. The Hall–Kier alpha value is -1.55. The SMILES string of the molecule is CCCCC(CC)CNC(=O)[C@H](N)Cc1ccc(O)cc1. The van der Waals surface area contributed by atoms with E-state index in [1.54, 1.807) is 24.3 Å². The normalized spacial score (nSPS) is 13.7. The van der Waals surface area contributed by atoms with Gasteiger partial charge in [-0.05, 0) is 36.5 Å². The van der Waals surface area contributed by atoms with E-state index in [9.17, 15) is 9.90 Å². The third-order valence-electron chi connectivity index (χ3n) is 3.84. The maximum Gasteiger partial charge on any atom is 0.237 e. The third kappa shape index (κ3) is 6.63. The van der Waals surface area contributed by atoms with E-state index >= 15 is 0 Å². The third-order valence-corrected chi connectivity index (χ3v) is 3.84. The molecule has 0 spiro atoms. The van der Waals surface area contributed by atoms with Gasteiger partial charge in [-0.1, -0.05) is 45.2 Å². The first-order valence-corrected chi connectivity index (χ1v) is 7.88. The standard InChI is InChI=1S/C17H28N2O2/c1-3-5-6-13(4-2)12-19-17(21)16(18)11-14-7-9-15(20)10-8-14/h7-10,13,16,20H,3-6,11-12,18H2,1-2H3,(H,19,21)/t13?,16-/m1/s1. The van der Waals surface area contributed by atoms with Crippen LogP contribution in [0.5, 0.6) is 5.75 Å². The minimum Gasteiger partial charge on any atom is -0.508 e. The van der Waals surface area contributed by atoms with Crippen molar-refractivity contribution in [2.24, 2.45) is 11.7 Å².